The molecule has 0 saturated carbocycles. The fraction of sp³-hybridized carbons (Fsp3) is 0.714. The van der Waals surface area contributed by atoms with Crippen LogP contribution in [0.4, 0.5) is 0 Å². The molecule has 6 nitrogen and oxygen atoms in total. The lowest BCUT2D eigenvalue weighted by molar-refractivity contribution is 0.00975. The predicted molar refractivity (Wildman–Crippen MR) is 79.5 cm³/mol. The van der Waals surface area contributed by atoms with Gasteiger partial charge in [0.15, 0.2) is 0 Å². The van der Waals surface area contributed by atoms with Gasteiger partial charge in [-0.2, -0.15) is 4.31 Å². The third-order valence-electron chi connectivity index (χ3n) is 3.23. The van der Waals surface area contributed by atoms with Crippen LogP contribution in [0.2, 0.25) is 0 Å². The molecule has 0 aliphatic carbocycles. The molecule has 0 amide bonds. The van der Waals surface area contributed by atoms with Gasteiger partial charge in [-0.05, 0) is 39.8 Å². The summed E-state index contributed by atoms with van der Waals surface area (Å²) < 4.78 is 37.3. The molecule has 1 aliphatic rings. The number of furan rings is 1. The molecule has 2 rings (SSSR count). The highest BCUT2D eigenvalue weighted by Gasteiger charge is 2.31. The molecule has 0 spiro atoms. The summed E-state index contributed by atoms with van der Waals surface area (Å²) in [6.07, 6.45) is -0.0921. The van der Waals surface area contributed by atoms with E-state index in [4.69, 9.17) is 9.15 Å². The van der Waals surface area contributed by atoms with Crippen LogP contribution in [0.1, 0.15) is 33.5 Å². The molecule has 2 heterocycles. The fourth-order valence-corrected chi connectivity index (χ4v) is 3.50. The van der Waals surface area contributed by atoms with Crippen molar-refractivity contribution in [2.24, 2.45) is 0 Å². The number of ether oxygens (including phenoxy) is 1. The normalized spacial score (nSPS) is 21.6. The first-order chi connectivity index (χ1) is 9.68. The second-order valence-electron chi connectivity index (χ2n) is 6.37. The maximum atomic E-state index is 12.5. The summed E-state index contributed by atoms with van der Waals surface area (Å²) >= 11 is 0. The summed E-state index contributed by atoms with van der Waals surface area (Å²) in [7, 11) is -3.57. The summed E-state index contributed by atoms with van der Waals surface area (Å²) in [5.41, 5.74) is -0.0501. The van der Waals surface area contributed by atoms with Gasteiger partial charge in [0.2, 0.25) is 5.09 Å². The van der Waals surface area contributed by atoms with Crippen LogP contribution in [0, 0.1) is 0 Å². The highest BCUT2D eigenvalue weighted by Crippen LogP contribution is 2.21. The van der Waals surface area contributed by atoms with Gasteiger partial charge in [0.25, 0.3) is 10.0 Å². The largest absolute Gasteiger partial charge is 0.447 e. The number of hydrogen-bond acceptors (Lipinski definition) is 5. The van der Waals surface area contributed by atoms with E-state index in [0.717, 1.165) is 0 Å². The zero-order valence-electron chi connectivity index (χ0n) is 13.0. The Balaban J connectivity index is 2.09. The van der Waals surface area contributed by atoms with Gasteiger partial charge >= 0.3 is 0 Å². The van der Waals surface area contributed by atoms with Gasteiger partial charge < -0.3 is 14.5 Å². The van der Waals surface area contributed by atoms with Gasteiger partial charge in [-0.3, -0.25) is 0 Å². The van der Waals surface area contributed by atoms with Crippen molar-refractivity contribution in [1.29, 1.82) is 0 Å². The van der Waals surface area contributed by atoms with E-state index < -0.39 is 10.0 Å². The SMILES string of the molecule is CC1CN(S(=O)(=O)c2ccc(CNC(C)(C)C)o2)CCO1. The Labute approximate surface area is 126 Å². The Kier molecular flexibility index (Phi) is 4.77. The van der Waals surface area contributed by atoms with Crippen molar-refractivity contribution in [1.82, 2.24) is 9.62 Å². The van der Waals surface area contributed by atoms with Crippen molar-refractivity contribution >= 4 is 10.0 Å². The molecule has 1 fully saturated rings. The average molecular weight is 316 g/mol. The second-order valence-corrected chi connectivity index (χ2v) is 8.24. The van der Waals surface area contributed by atoms with Crippen molar-refractivity contribution in [2.75, 3.05) is 19.7 Å². The van der Waals surface area contributed by atoms with Crippen LogP contribution in [0.3, 0.4) is 0 Å². The number of morpholine rings is 1. The van der Waals surface area contributed by atoms with Crippen LogP contribution in [-0.2, 0) is 21.3 Å². The van der Waals surface area contributed by atoms with E-state index in [1.54, 1.807) is 6.07 Å². The van der Waals surface area contributed by atoms with Crippen molar-refractivity contribution in [2.45, 2.75) is 51.0 Å². The van der Waals surface area contributed by atoms with Crippen LogP contribution >= 0.6 is 0 Å². The van der Waals surface area contributed by atoms with E-state index in [1.165, 1.54) is 10.4 Å². The van der Waals surface area contributed by atoms with Crippen molar-refractivity contribution in [3.63, 3.8) is 0 Å². The summed E-state index contributed by atoms with van der Waals surface area (Å²) in [5.74, 6) is 0.616. The van der Waals surface area contributed by atoms with E-state index >= 15 is 0 Å². The van der Waals surface area contributed by atoms with Crippen LogP contribution in [0.15, 0.2) is 21.6 Å². The molecule has 0 bridgehead atoms. The third kappa shape index (κ3) is 4.29. The van der Waals surface area contributed by atoms with E-state index in [-0.39, 0.29) is 16.7 Å². The van der Waals surface area contributed by atoms with Gasteiger partial charge in [0.05, 0.1) is 19.3 Å². The lowest BCUT2D eigenvalue weighted by atomic mass is 10.1. The maximum Gasteiger partial charge on any atom is 0.276 e. The van der Waals surface area contributed by atoms with Crippen LogP contribution in [-0.4, -0.2) is 44.1 Å². The molecule has 21 heavy (non-hydrogen) atoms. The van der Waals surface area contributed by atoms with E-state index in [9.17, 15) is 8.42 Å². The first kappa shape index (κ1) is 16.5. The van der Waals surface area contributed by atoms with E-state index in [2.05, 4.69) is 5.32 Å². The standard InChI is InChI=1S/C14H24N2O4S/c1-11-10-16(7-8-19-11)21(17,18)13-6-5-12(20-13)9-15-14(2,3)4/h5-6,11,15H,7-10H2,1-4H3. The van der Waals surface area contributed by atoms with Gasteiger partial charge in [0.1, 0.15) is 5.76 Å². The summed E-state index contributed by atoms with van der Waals surface area (Å²) in [4.78, 5) is 0. The first-order valence-corrected chi connectivity index (χ1v) is 8.58. The van der Waals surface area contributed by atoms with Crippen molar-refractivity contribution in [3.8, 4) is 0 Å². The topological polar surface area (TPSA) is 71.8 Å². The van der Waals surface area contributed by atoms with Crippen LogP contribution in [0.5, 0.6) is 0 Å². The molecule has 120 valence electrons. The number of sulfonamides is 1. The summed E-state index contributed by atoms with van der Waals surface area (Å²) in [5, 5.41) is 3.27. The Morgan fingerprint density at radius 2 is 2.10 bits per heavy atom. The zero-order valence-corrected chi connectivity index (χ0v) is 13.9. The van der Waals surface area contributed by atoms with Crippen molar-refractivity contribution < 1.29 is 17.6 Å². The van der Waals surface area contributed by atoms with Gasteiger partial charge in [-0.1, -0.05) is 0 Å². The monoisotopic (exact) mass is 316 g/mol. The highest BCUT2D eigenvalue weighted by atomic mass is 32.2. The number of nitrogens with one attached hydrogen (secondary N) is 1. The molecule has 7 heteroatoms. The summed E-state index contributed by atoms with van der Waals surface area (Å²) in [6, 6.07) is 3.23. The zero-order chi connectivity index (χ0) is 15.7. The Morgan fingerprint density at radius 3 is 2.71 bits per heavy atom. The molecular formula is C14H24N2O4S. The highest BCUT2D eigenvalue weighted by molar-refractivity contribution is 7.89. The fourth-order valence-electron chi connectivity index (χ4n) is 2.08. The molecule has 1 aromatic rings. The molecule has 1 saturated heterocycles. The van der Waals surface area contributed by atoms with Gasteiger partial charge in [-0.25, -0.2) is 8.42 Å². The molecule has 1 aliphatic heterocycles. The Morgan fingerprint density at radius 1 is 1.38 bits per heavy atom. The first-order valence-electron chi connectivity index (χ1n) is 7.14. The average Bonchev–Trinajstić information content (AvgIpc) is 2.85. The quantitative estimate of drug-likeness (QED) is 0.913. The minimum absolute atomic E-state index is 0.00214. The lowest BCUT2D eigenvalue weighted by Crippen LogP contribution is -2.44. The second kappa shape index (κ2) is 6.08. The molecule has 1 unspecified atom stereocenters. The molecule has 1 N–H and O–H groups in total. The van der Waals surface area contributed by atoms with E-state index in [0.29, 0.717) is 32.0 Å². The van der Waals surface area contributed by atoms with Crippen LogP contribution < -0.4 is 5.32 Å². The third-order valence-corrected chi connectivity index (χ3v) is 4.97. The minimum atomic E-state index is -3.57. The minimum Gasteiger partial charge on any atom is -0.447 e. The maximum absolute atomic E-state index is 12.5. The Hall–Kier alpha value is -0.890. The molecule has 0 radical (unpaired) electrons. The molecule has 0 aromatic carbocycles. The van der Waals surface area contributed by atoms with Gasteiger partial charge in [-0.15, -0.1) is 0 Å². The van der Waals surface area contributed by atoms with Crippen LogP contribution in [0.25, 0.3) is 0 Å². The number of rotatable bonds is 4. The summed E-state index contributed by atoms with van der Waals surface area (Å²) in [6.45, 7) is 9.64. The number of nitrogens with zero attached hydrogens (tertiary/aromatic N) is 1. The Bertz CT molecular complexity index is 574. The lowest BCUT2D eigenvalue weighted by Gasteiger charge is -2.29. The number of hydrogen-bond donors (Lipinski definition) is 1. The molecule has 1 atom stereocenters. The van der Waals surface area contributed by atoms with Gasteiger partial charge in [0, 0.05) is 18.6 Å². The predicted octanol–water partition coefficient (Wildman–Crippen LogP) is 1.58. The van der Waals surface area contributed by atoms with E-state index in [1.807, 2.05) is 27.7 Å². The molecular weight excluding hydrogens is 292 g/mol. The van der Waals surface area contributed by atoms with Crippen molar-refractivity contribution in [3.05, 3.63) is 17.9 Å². The molecule has 1 aromatic heterocycles. The smallest absolute Gasteiger partial charge is 0.276 e.